The molecule has 1 heterocycles. The number of benzene rings is 2. The van der Waals surface area contributed by atoms with Gasteiger partial charge in [0, 0.05) is 13.6 Å². The molecule has 0 saturated carbocycles. The molecule has 0 bridgehead atoms. The maximum absolute atomic E-state index is 13.4. The van der Waals surface area contributed by atoms with Gasteiger partial charge < -0.3 is 0 Å². The molecule has 0 aliphatic rings. The Labute approximate surface area is 219 Å². The van der Waals surface area contributed by atoms with E-state index in [0.29, 0.717) is 23.7 Å². The van der Waals surface area contributed by atoms with Crippen molar-refractivity contribution in [3.05, 3.63) is 63.4 Å². The first-order valence-electron chi connectivity index (χ1n) is 11.8. The number of nitrogens with zero attached hydrogens (tertiary/aromatic N) is 3. The van der Waals surface area contributed by atoms with Crippen LogP contribution in [0, 0.1) is 12.8 Å². The third-order valence-corrected chi connectivity index (χ3v) is 8.34. The van der Waals surface area contributed by atoms with Crippen molar-refractivity contribution in [2.45, 2.75) is 52.5 Å². The third-order valence-electron chi connectivity index (χ3n) is 6.07. The standard InChI is InChI=1S/C26H34Cl2N4O2S/c1-7-32(8-2)16-19-10-9-11-20(13-19)21-14-22(27)26(23(28)15-21)35(33,34)30-25-18(5)31(6)29-24(25)12-17(3)4/h9-11,13-15,17,30H,7-8,12,16H2,1-6H3. The number of nitrogens with one attached hydrogen (secondary N) is 1. The second-order valence-electron chi connectivity index (χ2n) is 9.16. The number of aryl methyl sites for hydroxylation is 1. The monoisotopic (exact) mass is 536 g/mol. The second kappa shape index (κ2) is 11.3. The number of aromatic nitrogens is 2. The number of anilines is 1. The maximum atomic E-state index is 13.4. The Morgan fingerprint density at radius 2 is 1.69 bits per heavy atom. The summed E-state index contributed by atoms with van der Waals surface area (Å²) in [5.41, 5.74) is 4.75. The fourth-order valence-electron chi connectivity index (χ4n) is 4.06. The van der Waals surface area contributed by atoms with Gasteiger partial charge >= 0.3 is 0 Å². The highest BCUT2D eigenvalue weighted by molar-refractivity contribution is 7.93. The van der Waals surface area contributed by atoms with E-state index in [2.05, 4.69) is 54.5 Å². The van der Waals surface area contributed by atoms with Crippen LogP contribution in [0.1, 0.15) is 44.6 Å². The van der Waals surface area contributed by atoms with Crippen molar-refractivity contribution in [3.63, 3.8) is 0 Å². The van der Waals surface area contributed by atoms with Crippen LogP contribution in [0.25, 0.3) is 11.1 Å². The molecule has 2 aromatic carbocycles. The first-order chi connectivity index (χ1) is 16.5. The maximum Gasteiger partial charge on any atom is 0.264 e. The van der Waals surface area contributed by atoms with Crippen molar-refractivity contribution in [2.75, 3.05) is 17.8 Å². The van der Waals surface area contributed by atoms with Gasteiger partial charge in [0.1, 0.15) is 4.90 Å². The van der Waals surface area contributed by atoms with Crippen LogP contribution in [-0.2, 0) is 30.0 Å². The molecule has 35 heavy (non-hydrogen) atoms. The summed E-state index contributed by atoms with van der Waals surface area (Å²) < 4.78 is 31.2. The van der Waals surface area contributed by atoms with E-state index in [9.17, 15) is 8.42 Å². The van der Waals surface area contributed by atoms with E-state index in [1.54, 1.807) is 23.9 Å². The molecule has 6 nitrogen and oxygen atoms in total. The van der Waals surface area contributed by atoms with Gasteiger partial charge in [-0.05, 0) is 67.2 Å². The fourth-order valence-corrected chi connectivity index (χ4v) is 6.43. The summed E-state index contributed by atoms with van der Waals surface area (Å²) in [7, 11) is -2.25. The van der Waals surface area contributed by atoms with E-state index in [4.69, 9.17) is 23.2 Å². The lowest BCUT2D eigenvalue weighted by Gasteiger charge is -2.18. The van der Waals surface area contributed by atoms with Crippen molar-refractivity contribution in [1.29, 1.82) is 0 Å². The van der Waals surface area contributed by atoms with E-state index >= 15 is 0 Å². The lowest BCUT2D eigenvalue weighted by Crippen LogP contribution is -2.22. The number of sulfonamides is 1. The molecule has 0 radical (unpaired) electrons. The molecule has 0 saturated heterocycles. The van der Waals surface area contributed by atoms with Gasteiger partial charge in [0.2, 0.25) is 0 Å². The minimum Gasteiger partial charge on any atom is -0.300 e. The first kappa shape index (κ1) is 27.5. The summed E-state index contributed by atoms with van der Waals surface area (Å²) in [6, 6.07) is 11.4. The zero-order valence-corrected chi connectivity index (χ0v) is 23.5. The molecule has 9 heteroatoms. The first-order valence-corrected chi connectivity index (χ1v) is 14.1. The van der Waals surface area contributed by atoms with Crippen LogP contribution in [0.4, 0.5) is 5.69 Å². The molecule has 190 valence electrons. The summed E-state index contributed by atoms with van der Waals surface area (Å²) in [4.78, 5) is 2.19. The molecule has 0 spiro atoms. The van der Waals surface area contributed by atoms with Crippen molar-refractivity contribution in [3.8, 4) is 11.1 Å². The van der Waals surface area contributed by atoms with Crippen molar-refractivity contribution in [2.24, 2.45) is 13.0 Å². The van der Waals surface area contributed by atoms with Crippen LogP contribution in [0.2, 0.25) is 10.0 Å². The van der Waals surface area contributed by atoms with Gasteiger partial charge in [-0.25, -0.2) is 8.42 Å². The van der Waals surface area contributed by atoms with Gasteiger partial charge in [-0.15, -0.1) is 0 Å². The Balaban J connectivity index is 1.97. The van der Waals surface area contributed by atoms with Crippen LogP contribution in [0.15, 0.2) is 41.3 Å². The molecule has 0 fully saturated rings. The Hall–Kier alpha value is -2.06. The van der Waals surface area contributed by atoms with Gasteiger partial charge in [-0.2, -0.15) is 5.10 Å². The van der Waals surface area contributed by atoms with Gasteiger partial charge in [0.05, 0.1) is 27.1 Å². The summed E-state index contributed by atoms with van der Waals surface area (Å²) >= 11 is 13.1. The lowest BCUT2D eigenvalue weighted by molar-refractivity contribution is 0.296. The largest absolute Gasteiger partial charge is 0.300 e. The van der Waals surface area contributed by atoms with Crippen LogP contribution in [0.3, 0.4) is 0 Å². The minimum absolute atomic E-state index is 0.0705. The van der Waals surface area contributed by atoms with Gasteiger partial charge in [0.25, 0.3) is 10.0 Å². The Morgan fingerprint density at radius 3 is 2.26 bits per heavy atom. The summed E-state index contributed by atoms with van der Waals surface area (Å²) in [6.45, 7) is 13.0. The Morgan fingerprint density at radius 1 is 1.06 bits per heavy atom. The van der Waals surface area contributed by atoms with Crippen LogP contribution >= 0.6 is 23.2 Å². The van der Waals surface area contributed by atoms with E-state index < -0.39 is 10.0 Å². The van der Waals surface area contributed by atoms with E-state index in [1.165, 1.54) is 5.56 Å². The highest BCUT2D eigenvalue weighted by Crippen LogP contribution is 2.37. The highest BCUT2D eigenvalue weighted by atomic mass is 35.5. The topological polar surface area (TPSA) is 67.2 Å². The molecule has 1 aromatic heterocycles. The normalized spacial score (nSPS) is 12.1. The minimum atomic E-state index is -4.05. The molecule has 0 unspecified atom stereocenters. The Bertz CT molecular complexity index is 1280. The van der Waals surface area contributed by atoms with E-state index in [1.807, 2.05) is 19.1 Å². The number of halogens is 2. The molecule has 1 N–H and O–H groups in total. The van der Waals surface area contributed by atoms with Crippen LogP contribution < -0.4 is 4.72 Å². The van der Waals surface area contributed by atoms with E-state index in [0.717, 1.165) is 36.5 Å². The quantitative estimate of drug-likeness (QED) is 0.319. The number of rotatable bonds is 10. The third kappa shape index (κ3) is 6.39. The average molecular weight is 538 g/mol. The SMILES string of the molecule is CCN(CC)Cc1cccc(-c2cc(Cl)c(S(=O)(=O)Nc3c(CC(C)C)nn(C)c3C)c(Cl)c2)c1. The highest BCUT2D eigenvalue weighted by Gasteiger charge is 2.26. The fraction of sp³-hybridized carbons (Fsp3) is 0.423. The van der Waals surface area contributed by atoms with Gasteiger partial charge in [-0.1, -0.05) is 69.1 Å². The zero-order valence-electron chi connectivity index (χ0n) is 21.2. The lowest BCUT2D eigenvalue weighted by atomic mass is 10.0. The Kier molecular flexibility index (Phi) is 8.91. The van der Waals surface area contributed by atoms with Gasteiger partial charge in [0.15, 0.2) is 0 Å². The van der Waals surface area contributed by atoms with Gasteiger partial charge in [-0.3, -0.25) is 14.3 Å². The number of hydrogen-bond acceptors (Lipinski definition) is 4. The summed E-state index contributed by atoms with van der Waals surface area (Å²) in [6.07, 6.45) is 0.643. The molecular weight excluding hydrogens is 503 g/mol. The summed E-state index contributed by atoms with van der Waals surface area (Å²) in [5.74, 6) is 0.316. The predicted molar refractivity (Wildman–Crippen MR) is 146 cm³/mol. The molecule has 0 aliphatic heterocycles. The van der Waals surface area contributed by atoms with Crippen molar-refractivity contribution in [1.82, 2.24) is 14.7 Å². The molecule has 0 amide bonds. The molecular formula is C26H34Cl2N4O2S. The van der Waals surface area contributed by atoms with Crippen LogP contribution in [0.5, 0.6) is 0 Å². The summed E-state index contributed by atoms with van der Waals surface area (Å²) in [5, 5.41) is 4.63. The molecule has 3 rings (SSSR count). The molecule has 0 aliphatic carbocycles. The van der Waals surface area contributed by atoms with Crippen molar-refractivity contribution >= 4 is 38.9 Å². The van der Waals surface area contributed by atoms with Crippen LogP contribution in [-0.4, -0.2) is 36.2 Å². The smallest absolute Gasteiger partial charge is 0.264 e. The van der Waals surface area contributed by atoms with Crippen molar-refractivity contribution < 1.29 is 8.42 Å². The van der Waals surface area contributed by atoms with E-state index in [-0.39, 0.29) is 14.9 Å². The predicted octanol–water partition coefficient (Wildman–Crippen LogP) is 6.54. The number of hydrogen-bond donors (Lipinski definition) is 1. The zero-order chi connectivity index (χ0) is 25.9. The second-order valence-corrected chi connectivity index (χ2v) is 11.6. The molecule has 0 atom stereocenters. The average Bonchev–Trinajstić information content (AvgIpc) is 3.03. The molecule has 3 aromatic rings.